The van der Waals surface area contributed by atoms with Crippen LogP contribution in [0.4, 0.5) is 0 Å². The number of pyridine rings is 1. The van der Waals surface area contributed by atoms with Crippen molar-refractivity contribution in [3.8, 4) is 0 Å². The Morgan fingerprint density at radius 3 is 2.70 bits per heavy atom. The van der Waals surface area contributed by atoms with Crippen LogP contribution in [-0.4, -0.2) is 66.5 Å². The molecule has 3 aromatic rings. The summed E-state index contributed by atoms with van der Waals surface area (Å²) in [6.07, 6.45) is 5.83. The Hall–Kier alpha value is -3.55. The highest BCUT2D eigenvalue weighted by atomic mass is 32.2. The Morgan fingerprint density at radius 1 is 1.35 bits per heavy atom. The molecule has 0 aromatic carbocycles. The average Bonchev–Trinajstić information content (AvgIpc) is 3.46. The third kappa shape index (κ3) is 3.85. The average molecular weight is 543 g/mol. The minimum Gasteiger partial charge on any atom is -0.477 e. The first-order valence-electron chi connectivity index (χ1n) is 11.4. The summed E-state index contributed by atoms with van der Waals surface area (Å²) in [6, 6.07) is 2.82. The molecule has 192 valence electrons. The summed E-state index contributed by atoms with van der Waals surface area (Å²) in [4.78, 5) is 56.7. The summed E-state index contributed by atoms with van der Waals surface area (Å²) in [6.45, 7) is 3.30. The number of primary amides is 1. The highest BCUT2D eigenvalue weighted by Gasteiger charge is 2.60. The van der Waals surface area contributed by atoms with E-state index in [2.05, 4.69) is 4.98 Å². The van der Waals surface area contributed by atoms with Gasteiger partial charge < -0.3 is 20.8 Å². The Kier molecular flexibility index (Phi) is 6.16. The first-order chi connectivity index (χ1) is 17.5. The Labute approximate surface area is 219 Å². The van der Waals surface area contributed by atoms with Gasteiger partial charge in [0.2, 0.25) is 18.2 Å². The van der Waals surface area contributed by atoms with E-state index in [1.807, 2.05) is 13.2 Å². The van der Waals surface area contributed by atoms with Gasteiger partial charge in [-0.25, -0.2) is 9.78 Å². The number of aliphatic hydroxyl groups is 1. The van der Waals surface area contributed by atoms with Crippen molar-refractivity contribution in [2.45, 2.75) is 37.7 Å². The second-order valence-electron chi connectivity index (χ2n) is 9.10. The highest BCUT2D eigenvalue weighted by Crippen LogP contribution is 2.51. The fourth-order valence-electron chi connectivity index (χ4n) is 5.24. The number of rotatable bonds is 8. The molecule has 0 unspecified atom stereocenters. The van der Waals surface area contributed by atoms with E-state index in [0.29, 0.717) is 26.0 Å². The molecule has 13 heteroatoms. The monoisotopic (exact) mass is 542 g/mol. The number of aliphatic carboxylic acids is 1. The molecule has 4 N–H and O–H groups in total. The number of fused-ring (bicyclic) bond motifs is 2. The van der Waals surface area contributed by atoms with Gasteiger partial charge in [0, 0.05) is 23.8 Å². The fourth-order valence-corrected chi connectivity index (χ4v) is 7.05. The van der Waals surface area contributed by atoms with Crippen molar-refractivity contribution in [1.29, 1.82) is 0 Å². The van der Waals surface area contributed by atoms with Gasteiger partial charge in [-0.15, -0.1) is 11.3 Å². The standard InChI is InChI=1S/C24H23N5O6S2/c1-10-15(19(23(34)35)29-18(10)16(11(2)30)21(29)33)13-8-28-22(37-13)17(26-24(28)36-3)20(32)12-5-4-6-27(7-12)9-14(25)31/h4-8,10-11,16,18,30H,9H2,1-3H3,(H2-,25,31,34,35)/p+1/t10-,11+,16+,18+/m0/s1. The largest absolute Gasteiger partial charge is 0.477 e. The maximum atomic E-state index is 13.5. The van der Waals surface area contributed by atoms with Crippen LogP contribution in [0.5, 0.6) is 0 Å². The number of carboxylic acid groups (broad SMARTS) is 1. The van der Waals surface area contributed by atoms with Crippen LogP contribution in [0.1, 0.15) is 34.8 Å². The first-order valence-corrected chi connectivity index (χ1v) is 13.5. The predicted octanol–water partition coefficient (Wildman–Crippen LogP) is 0.775. The summed E-state index contributed by atoms with van der Waals surface area (Å²) in [5, 5.41) is 20.7. The molecule has 11 nitrogen and oxygen atoms in total. The first kappa shape index (κ1) is 25.1. The number of carboxylic acids is 1. The number of β-lactam (4-membered cyclic amide) rings is 1. The SMILES string of the molecule is CSc1nc(C(=O)c2ccc[n+](CC(N)=O)c2)c2sc(C3=C(C(=O)O)N4C(=O)[C@H]([C@@H](C)O)[C@H]4[C@H]3C)cn12. The number of hydrogen-bond acceptors (Lipinski definition) is 8. The van der Waals surface area contributed by atoms with Gasteiger partial charge in [0.25, 0.3) is 5.91 Å². The lowest BCUT2D eigenvalue weighted by atomic mass is 9.77. The number of thioether (sulfide) groups is 1. The number of nitrogens with zero attached hydrogens (tertiary/aromatic N) is 4. The molecule has 4 atom stereocenters. The van der Waals surface area contributed by atoms with E-state index < -0.39 is 35.8 Å². The maximum absolute atomic E-state index is 13.5. The van der Waals surface area contributed by atoms with Crippen LogP contribution in [0, 0.1) is 11.8 Å². The van der Waals surface area contributed by atoms with Crippen LogP contribution in [0.2, 0.25) is 0 Å². The van der Waals surface area contributed by atoms with Crippen LogP contribution in [0.3, 0.4) is 0 Å². The summed E-state index contributed by atoms with van der Waals surface area (Å²) in [7, 11) is 0. The normalized spacial score (nSPS) is 21.8. The van der Waals surface area contributed by atoms with E-state index in [9.17, 15) is 29.4 Å². The molecule has 0 aliphatic carbocycles. The molecular formula is C24H24N5O6S2+. The Morgan fingerprint density at radius 2 is 2.08 bits per heavy atom. The van der Waals surface area contributed by atoms with Gasteiger partial charge in [0.15, 0.2) is 17.6 Å². The molecule has 2 aliphatic rings. The molecule has 0 bridgehead atoms. The third-order valence-electron chi connectivity index (χ3n) is 6.78. The Bertz CT molecular complexity index is 1520. The molecule has 2 aliphatic heterocycles. The zero-order valence-corrected chi connectivity index (χ0v) is 21.7. The van der Waals surface area contributed by atoms with Crippen molar-refractivity contribution in [3.63, 3.8) is 0 Å². The van der Waals surface area contributed by atoms with Gasteiger partial charge in [0.05, 0.1) is 28.5 Å². The quantitative estimate of drug-likeness (QED) is 0.163. The number of imidazole rings is 1. The van der Waals surface area contributed by atoms with Crippen LogP contribution in [0.25, 0.3) is 10.4 Å². The predicted molar refractivity (Wildman–Crippen MR) is 134 cm³/mol. The molecule has 1 fully saturated rings. The molecule has 0 spiro atoms. The van der Waals surface area contributed by atoms with Gasteiger partial charge >= 0.3 is 5.97 Å². The number of nitrogens with two attached hydrogens (primary N) is 1. The zero-order chi connectivity index (χ0) is 26.8. The molecule has 1 saturated heterocycles. The molecule has 0 saturated carbocycles. The molecule has 3 aromatic heterocycles. The molecule has 5 heterocycles. The van der Waals surface area contributed by atoms with Gasteiger partial charge in [-0.2, -0.15) is 4.57 Å². The van der Waals surface area contributed by atoms with Crippen molar-refractivity contribution in [3.05, 3.63) is 52.6 Å². The van der Waals surface area contributed by atoms with Crippen molar-refractivity contribution >= 4 is 57.1 Å². The number of carbonyl (C=O) groups excluding carboxylic acids is 3. The maximum Gasteiger partial charge on any atom is 0.352 e. The molecule has 37 heavy (non-hydrogen) atoms. The summed E-state index contributed by atoms with van der Waals surface area (Å²) in [5.74, 6) is -3.52. The van der Waals surface area contributed by atoms with Gasteiger partial charge in [-0.1, -0.05) is 18.7 Å². The third-order valence-corrected chi connectivity index (χ3v) is 8.57. The summed E-state index contributed by atoms with van der Waals surface area (Å²) >= 11 is 2.56. The smallest absolute Gasteiger partial charge is 0.352 e. The second-order valence-corrected chi connectivity index (χ2v) is 10.9. The topological polar surface area (TPSA) is 159 Å². The van der Waals surface area contributed by atoms with E-state index in [1.165, 1.54) is 45.7 Å². The van der Waals surface area contributed by atoms with E-state index >= 15 is 0 Å². The zero-order valence-electron chi connectivity index (χ0n) is 20.1. The summed E-state index contributed by atoms with van der Waals surface area (Å²) in [5.41, 5.74) is 6.19. The molecule has 0 radical (unpaired) electrons. The van der Waals surface area contributed by atoms with Crippen molar-refractivity contribution in [2.24, 2.45) is 17.6 Å². The van der Waals surface area contributed by atoms with E-state index in [1.54, 1.807) is 28.9 Å². The van der Waals surface area contributed by atoms with Crippen molar-refractivity contribution in [2.75, 3.05) is 6.26 Å². The van der Waals surface area contributed by atoms with Gasteiger partial charge in [-0.3, -0.25) is 18.8 Å². The fraction of sp³-hybridized carbons (Fsp3) is 0.333. The van der Waals surface area contributed by atoms with E-state index in [4.69, 9.17) is 5.73 Å². The number of aliphatic hydroxyl groups excluding tert-OH is 1. The van der Waals surface area contributed by atoms with Crippen molar-refractivity contribution in [1.82, 2.24) is 14.3 Å². The van der Waals surface area contributed by atoms with E-state index in [0.717, 1.165) is 0 Å². The van der Waals surface area contributed by atoms with Crippen molar-refractivity contribution < 1.29 is 34.0 Å². The van der Waals surface area contributed by atoms with Crippen LogP contribution in [-0.2, 0) is 20.9 Å². The van der Waals surface area contributed by atoms with Crippen LogP contribution < -0.4 is 10.3 Å². The lowest BCUT2D eigenvalue weighted by Gasteiger charge is -2.46. The minimum atomic E-state index is -1.22. The second kappa shape index (κ2) is 9.08. The van der Waals surface area contributed by atoms with E-state index in [-0.39, 0.29) is 29.6 Å². The number of hydrogen-bond donors (Lipinski definition) is 3. The number of thiazole rings is 1. The van der Waals surface area contributed by atoms with Crippen LogP contribution in [0.15, 0.2) is 41.6 Å². The number of ketones is 1. The van der Waals surface area contributed by atoms with Gasteiger partial charge in [0.1, 0.15) is 16.2 Å². The molecule has 5 rings (SSSR count). The summed E-state index contributed by atoms with van der Waals surface area (Å²) < 4.78 is 3.27. The van der Waals surface area contributed by atoms with Gasteiger partial charge in [-0.05, 0) is 19.2 Å². The Balaban J connectivity index is 1.61. The number of carbonyl (C=O) groups is 4. The number of amides is 2. The highest BCUT2D eigenvalue weighted by molar-refractivity contribution is 7.98. The lowest BCUT2D eigenvalue weighted by Crippen LogP contribution is -2.63. The lowest BCUT2D eigenvalue weighted by molar-refractivity contribution is -0.684. The molecular weight excluding hydrogens is 518 g/mol. The van der Waals surface area contributed by atoms with Crippen LogP contribution >= 0.6 is 23.1 Å². The number of aromatic nitrogens is 3. The minimum absolute atomic E-state index is 0.0766. The molecule has 2 amide bonds.